The molecule has 0 amide bonds. The lowest BCUT2D eigenvalue weighted by Crippen LogP contribution is -2.16. The predicted octanol–water partition coefficient (Wildman–Crippen LogP) is 3.40. The summed E-state index contributed by atoms with van der Waals surface area (Å²) in [7, 11) is 1.86. The predicted molar refractivity (Wildman–Crippen MR) is 77.6 cm³/mol. The molecule has 2 aromatic rings. The lowest BCUT2D eigenvalue weighted by molar-refractivity contribution is 0.752. The molecule has 4 nitrogen and oxygen atoms in total. The molecule has 0 radical (unpaired) electrons. The van der Waals surface area contributed by atoms with E-state index in [0.29, 0.717) is 12.0 Å². The van der Waals surface area contributed by atoms with Crippen molar-refractivity contribution in [3.05, 3.63) is 10.9 Å². The molecule has 1 aliphatic rings. The lowest BCUT2D eigenvalue weighted by atomic mass is 10.2. The summed E-state index contributed by atoms with van der Waals surface area (Å²) in [5.41, 5.74) is 0. The zero-order chi connectivity index (χ0) is 12.5. The number of thiophene rings is 1. The maximum atomic E-state index is 4.57. The quantitative estimate of drug-likeness (QED) is 0.890. The molecule has 0 spiro atoms. The third-order valence-electron chi connectivity index (χ3n) is 3.44. The monoisotopic (exact) mass is 262 g/mol. The van der Waals surface area contributed by atoms with Gasteiger partial charge in [0.15, 0.2) is 0 Å². The SMILES string of the molecule is CNc1nc(NC2CCCC2)c2cc(C)sc2n1. The zero-order valence-electron chi connectivity index (χ0n) is 10.8. The molecular weight excluding hydrogens is 244 g/mol. The van der Waals surface area contributed by atoms with Crippen molar-refractivity contribution >= 4 is 33.3 Å². The normalized spacial score (nSPS) is 16.3. The van der Waals surface area contributed by atoms with Crippen LogP contribution in [0.1, 0.15) is 30.6 Å². The van der Waals surface area contributed by atoms with Gasteiger partial charge in [0.05, 0.1) is 5.39 Å². The van der Waals surface area contributed by atoms with Gasteiger partial charge in [-0.15, -0.1) is 11.3 Å². The van der Waals surface area contributed by atoms with Crippen LogP contribution >= 0.6 is 11.3 Å². The van der Waals surface area contributed by atoms with Gasteiger partial charge < -0.3 is 10.6 Å². The Kier molecular flexibility index (Phi) is 3.07. The Bertz CT molecular complexity index is 557. The second-order valence-corrected chi connectivity index (χ2v) is 6.08. The third kappa shape index (κ3) is 2.14. The van der Waals surface area contributed by atoms with Gasteiger partial charge in [-0.3, -0.25) is 0 Å². The van der Waals surface area contributed by atoms with Crippen molar-refractivity contribution in [3.63, 3.8) is 0 Å². The smallest absolute Gasteiger partial charge is 0.225 e. The van der Waals surface area contributed by atoms with Gasteiger partial charge in [-0.25, -0.2) is 4.98 Å². The highest BCUT2D eigenvalue weighted by Gasteiger charge is 2.17. The van der Waals surface area contributed by atoms with E-state index in [1.165, 1.54) is 30.6 Å². The van der Waals surface area contributed by atoms with E-state index in [4.69, 9.17) is 0 Å². The maximum absolute atomic E-state index is 4.57. The third-order valence-corrected chi connectivity index (χ3v) is 4.38. The molecule has 1 fully saturated rings. The Labute approximate surface area is 111 Å². The van der Waals surface area contributed by atoms with E-state index in [1.54, 1.807) is 11.3 Å². The van der Waals surface area contributed by atoms with Crippen LogP contribution in [-0.4, -0.2) is 23.1 Å². The summed E-state index contributed by atoms with van der Waals surface area (Å²) in [6.07, 6.45) is 5.16. The molecule has 0 aromatic carbocycles. The summed E-state index contributed by atoms with van der Waals surface area (Å²) in [5.74, 6) is 1.69. The Morgan fingerprint density at radius 3 is 2.78 bits per heavy atom. The van der Waals surface area contributed by atoms with E-state index in [0.717, 1.165) is 16.0 Å². The largest absolute Gasteiger partial charge is 0.367 e. The fraction of sp³-hybridized carbons (Fsp3) is 0.538. The average molecular weight is 262 g/mol. The molecule has 96 valence electrons. The first-order valence-corrected chi connectivity index (χ1v) is 7.30. The van der Waals surface area contributed by atoms with Gasteiger partial charge >= 0.3 is 0 Å². The van der Waals surface area contributed by atoms with Crippen molar-refractivity contribution in [2.24, 2.45) is 0 Å². The molecule has 0 atom stereocenters. The molecule has 5 heteroatoms. The molecule has 2 aromatic heterocycles. The molecule has 3 rings (SSSR count). The zero-order valence-corrected chi connectivity index (χ0v) is 11.6. The molecule has 0 unspecified atom stereocenters. The number of nitrogens with one attached hydrogen (secondary N) is 2. The highest BCUT2D eigenvalue weighted by atomic mass is 32.1. The van der Waals surface area contributed by atoms with E-state index >= 15 is 0 Å². The van der Waals surface area contributed by atoms with Crippen LogP contribution in [-0.2, 0) is 0 Å². The molecule has 0 bridgehead atoms. The lowest BCUT2D eigenvalue weighted by Gasteiger charge is -2.14. The standard InChI is InChI=1S/C13H18N4S/c1-8-7-10-11(15-9-5-3-4-6-9)16-13(14-2)17-12(10)18-8/h7,9H,3-6H2,1-2H3,(H2,14,15,16,17). The number of nitrogens with zero attached hydrogens (tertiary/aromatic N) is 2. The van der Waals surface area contributed by atoms with E-state index in [2.05, 4.69) is 33.6 Å². The Morgan fingerprint density at radius 2 is 2.06 bits per heavy atom. The Morgan fingerprint density at radius 1 is 1.28 bits per heavy atom. The molecule has 2 heterocycles. The second-order valence-electron chi connectivity index (χ2n) is 4.85. The van der Waals surface area contributed by atoms with E-state index in [1.807, 2.05) is 7.05 Å². The molecule has 18 heavy (non-hydrogen) atoms. The number of aromatic nitrogens is 2. The average Bonchev–Trinajstić information content (AvgIpc) is 2.97. The number of hydrogen-bond acceptors (Lipinski definition) is 5. The van der Waals surface area contributed by atoms with Crippen molar-refractivity contribution in [2.75, 3.05) is 17.7 Å². The van der Waals surface area contributed by atoms with Crippen molar-refractivity contribution in [1.82, 2.24) is 9.97 Å². The van der Waals surface area contributed by atoms with Crippen LogP contribution < -0.4 is 10.6 Å². The van der Waals surface area contributed by atoms with Gasteiger partial charge in [-0.05, 0) is 25.8 Å². The van der Waals surface area contributed by atoms with Crippen molar-refractivity contribution < 1.29 is 0 Å². The van der Waals surface area contributed by atoms with E-state index in [-0.39, 0.29) is 0 Å². The maximum Gasteiger partial charge on any atom is 0.225 e. The van der Waals surface area contributed by atoms with Crippen molar-refractivity contribution in [2.45, 2.75) is 38.6 Å². The van der Waals surface area contributed by atoms with Gasteiger partial charge in [-0.2, -0.15) is 4.98 Å². The number of hydrogen-bond donors (Lipinski definition) is 2. The minimum atomic E-state index is 0.577. The van der Waals surface area contributed by atoms with Crippen LogP contribution in [0.3, 0.4) is 0 Å². The van der Waals surface area contributed by atoms with Gasteiger partial charge in [-0.1, -0.05) is 12.8 Å². The molecule has 1 saturated carbocycles. The molecule has 0 aliphatic heterocycles. The Balaban J connectivity index is 2.01. The van der Waals surface area contributed by atoms with Gasteiger partial charge in [0.1, 0.15) is 10.6 Å². The molecule has 2 N–H and O–H groups in total. The summed E-state index contributed by atoms with van der Waals surface area (Å²) in [4.78, 5) is 11.4. The van der Waals surface area contributed by atoms with Crippen LogP contribution in [0.25, 0.3) is 10.2 Å². The van der Waals surface area contributed by atoms with Crippen LogP contribution in [0.4, 0.5) is 11.8 Å². The van der Waals surface area contributed by atoms with E-state index in [9.17, 15) is 0 Å². The molecule has 0 saturated heterocycles. The number of anilines is 2. The summed E-state index contributed by atoms with van der Waals surface area (Å²) in [5, 5.41) is 7.78. The molecule has 1 aliphatic carbocycles. The second kappa shape index (κ2) is 4.72. The number of aryl methyl sites for hydroxylation is 1. The topological polar surface area (TPSA) is 49.8 Å². The van der Waals surface area contributed by atoms with E-state index < -0.39 is 0 Å². The summed E-state index contributed by atoms with van der Waals surface area (Å²) in [6, 6.07) is 2.75. The first-order chi connectivity index (χ1) is 8.76. The molecular formula is C13H18N4S. The summed E-state index contributed by atoms with van der Waals surface area (Å²) < 4.78 is 0. The minimum Gasteiger partial charge on any atom is -0.367 e. The Hall–Kier alpha value is -1.36. The first kappa shape index (κ1) is 11.7. The van der Waals surface area contributed by atoms with Gasteiger partial charge in [0.2, 0.25) is 5.95 Å². The highest BCUT2D eigenvalue weighted by molar-refractivity contribution is 7.18. The summed E-state index contributed by atoms with van der Waals surface area (Å²) in [6.45, 7) is 2.12. The van der Waals surface area contributed by atoms with Crippen molar-refractivity contribution in [1.29, 1.82) is 0 Å². The fourth-order valence-electron chi connectivity index (χ4n) is 2.53. The highest BCUT2D eigenvalue weighted by Crippen LogP contribution is 2.31. The fourth-order valence-corrected chi connectivity index (χ4v) is 3.41. The van der Waals surface area contributed by atoms with Crippen LogP contribution in [0.2, 0.25) is 0 Å². The number of fused-ring (bicyclic) bond motifs is 1. The summed E-state index contributed by atoms with van der Waals surface area (Å²) >= 11 is 1.72. The van der Waals surface area contributed by atoms with Crippen LogP contribution in [0.5, 0.6) is 0 Å². The number of rotatable bonds is 3. The first-order valence-electron chi connectivity index (χ1n) is 6.49. The van der Waals surface area contributed by atoms with Gasteiger partial charge in [0, 0.05) is 18.0 Å². The van der Waals surface area contributed by atoms with Crippen LogP contribution in [0.15, 0.2) is 6.07 Å². The minimum absolute atomic E-state index is 0.577. The van der Waals surface area contributed by atoms with Gasteiger partial charge in [0.25, 0.3) is 0 Å². The van der Waals surface area contributed by atoms with Crippen LogP contribution in [0, 0.1) is 6.92 Å². The van der Waals surface area contributed by atoms with Crippen molar-refractivity contribution in [3.8, 4) is 0 Å².